The second kappa shape index (κ2) is 3.98. The van der Waals surface area contributed by atoms with Crippen LogP contribution in [-0.4, -0.2) is 14.7 Å². The molecule has 0 aliphatic heterocycles. The van der Waals surface area contributed by atoms with Crippen molar-refractivity contribution >= 4 is 37.4 Å². The maximum Gasteiger partial charge on any atom is 0.151 e. The van der Waals surface area contributed by atoms with Crippen LogP contribution in [0.25, 0.3) is 0 Å². The first kappa shape index (κ1) is 11.0. The Morgan fingerprint density at radius 1 is 1.46 bits per heavy atom. The van der Waals surface area contributed by atoms with Gasteiger partial charge in [-0.05, 0) is 17.7 Å². The molecule has 0 amide bonds. The van der Waals surface area contributed by atoms with Gasteiger partial charge in [-0.25, -0.2) is 8.42 Å². The van der Waals surface area contributed by atoms with E-state index in [2.05, 4.69) is 15.9 Å². The Morgan fingerprint density at radius 2 is 2.08 bits per heavy atom. The molecule has 0 unspecified atom stereocenters. The quantitative estimate of drug-likeness (QED) is 0.836. The Morgan fingerprint density at radius 3 is 2.54 bits per heavy atom. The number of rotatable bonds is 2. The van der Waals surface area contributed by atoms with Crippen molar-refractivity contribution in [3.63, 3.8) is 0 Å². The minimum atomic E-state index is -3.01. The molecule has 0 radical (unpaired) electrons. The molecule has 0 aliphatic rings. The molecule has 2 nitrogen and oxygen atoms in total. The van der Waals surface area contributed by atoms with Gasteiger partial charge in [-0.15, -0.1) is 0 Å². The van der Waals surface area contributed by atoms with Gasteiger partial charge in [-0.3, -0.25) is 0 Å². The van der Waals surface area contributed by atoms with Gasteiger partial charge in [-0.2, -0.15) is 0 Å². The highest BCUT2D eigenvalue weighted by atomic mass is 79.9. The lowest BCUT2D eigenvalue weighted by molar-refractivity contribution is 0.601. The first-order chi connectivity index (χ1) is 5.88. The Labute approximate surface area is 91.0 Å². The average molecular weight is 284 g/mol. The topological polar surface area (TPSA) is 34.1 Å². The van der Waals surface area contributed by atoms with Crippen molar-refractivity contribution in [2.24, 2.45) is 0 Å². The lowest BCUT2D eigenvalue weighted by Crippen LogP contribution is -2.00. The molecule has 0 aliphatic carbocycles. The van der Waals surface area contributed by atoms with Crippen LogP contribution in [0.3, 0.4) is 0 Å². The van der Waals surface area contributed by atoms with Gasteiger partial charge in [0.25, 0.3) is 0 Å². The van der Waals surface area contributed by atoms with E-state index in [0.717, 1.165) is 4.47 Å². The molecule has 72 valence electrons. The van der Waals surface area contributed by atoms with Crippen molar-refractivity contribution in [2.45, 2.75) is 5.75 Å². The number of halogens is 2. The summed E-state index contributed by atoms with van der Waals surface area (Å²) in [5.74, 6) is -0.0148. The van der Waals surface area contributed by atoms with E-state index in [0.29, 0.717) is 10.6 Å². The predicted octanol–water partition coefficient (Wildman–Crippen LogP) is 2.65. The van der Waals surface area contributed by atoms with Crippen LogP contribution in [-0.2, 0) is 15.6 Å². The fourth-order valence-electron chi connectivity index (χ4n) is 0.921. The summed E-state index contributed by atoms with van der Waals surface area (Å²) in [6.07, 6.45) is 1.19. The second-order valence-corrected chi connectivity index (χ2v) is 6.27. The van der Waals surface area contributed by atoms with Gasteiger partial charge < -0.3 is 0 Å². The third-order valence-corrected chi connectivity index (χ3v) is 3.11. The van der Waals surface area contributed by atoms with E-state index in [9.17, 15) is 8.42 Å². The van der Waals surface area contributed by atoms with Gasteiger partial charge in [0.1, 0.15) is 0 Å². The maximum absolute atomic E-state index is 11.0. The summed E-state index contributed by atoms with van der Waals surface area (Å²) in [6.45, 7) is 0. The third kappa shape index (κ3) is 3.67. The van der Waals surface area contributed by atoms with Crippen molar-refractivity contribution in [1.82, 2.24) is 0 Å². The van der Waals surface area contributed by atoms with Crippen molar-refractivity contribution in [1.29, 1.82) is 0 Å². The summed E-state index contributed by atoms with van der Waals surface area (Å²) < 4.78 is 22.8. The molecule has 0 bridgehead atoms. The first-order valence-electron chi connectivity index (χ1n) is 3.50. The Bertz CT molecular complexity index is 414. The van der Waals surface area contributed by atoms with E-state index in [1.165, 1.54) is 6.26 Å². The van der Waals surface area contributed by atoms with Gasteiger partial charge >= 0.3 is 0 Å². The molecule has 5 heteroatoms. The molecule has 0 saturated heterocycles. The van der Waals surface area contributed by atoms with Crippen molar-refractivity contribution in [3.05, 3.63) is 33.3 Å². The van der Waals surface area contributed by atoms with E-state index < -0.39 is 9.84 Å². The zero-order valence-corrected chi connectivity index (χ0v) is 10.1. The zero-order chi connectivity index (χ0) is 10.1. The van der Waals surface area contributed by atoms with E-state index in [4.69, 9.17) is 11.6 Å². The summed E-state index contributed by atoms with van der Waals surface area (Å²) in [4.78, 5) is 0. The highest BCUT2D eigenvalue weighted by Crippen LogP contribution is 2.22. The molecule has 0 atom stereocenters. The fourth-order valence-corrected chi connectivity index (χ4v) is 2.56. The SMILES string of the molecule is CS(=O)(=O)Cc1ccc(Br)cc1Cl. The Hall–Kier alpha value is -0.0600. The normalized spacial score (nSPS) is 11.6. The summed E-state index contributed by atoms with van der Waals surface area (Å²) in [7, 11) is -3.01. The molecule has 0 aromatic heterocycles. The average Bonchev–Trinajstić information content (AvgIpc) is 1.93. The maximum atomic E-state index is 11.0. The van der Waals surface area contributed by atoms with Crippen LogP contribution in [0.15, 0.2) is 22.7 Å². The zero-order valence-electron chi connectivity index (χ0n) is 6.92. The molecule has 0 fully saturated rings. The lowest BCUT2D eigenvalue weighted by atomic mass is 10.2. The molecule has 1 rings (SSSR count). The van der Waals surface area contributed by atoms with Gasteiger partial charge in [-0.1, -0.05) is 33.6 Å². The molecular formula is C8H8BrClO2S. The predicted molar refractivity (Wildman–Crippen MR) is 57.7 cm³/mol. The number of sulfone groups is 1. The largest absolute Gasteiger partial charge is 0.229 e. The molecule has 0 N–H and O–H groups in total. The van der Waals surface area contributed by atoms with Crippen LogP contribution < -0.4 is 0 Å². The molecule has 1 aromatic rings. The van der Waals surface area contributed by atoms with Crippen LogP contribution in [0.4, 0.5) is 0 Å². The standard InChI is InChI=1S/C8H8BrClO2S/c1-13(11,12)5-6-2-3-7(9)4-8(6)10/h2-4H,5H2,1H3. The van der Waals surface area contributed by atoms with Crippen LogP contribution in [0.5, 0.6) is 0 Å². The van der Waals surface area contributed by atoms with E-state index in [-0.39, 0.29) is 5.75 Å². The number of hydrogen-bond donors (Lipinski definition) is 0. The number of benzene rings is 1. The van der Waals surface area contributed by atoms with Crippen molar-refractivity contribution in [2.75, 3.05) is 6.26 Å². The molecule has 0 spiro atoms. The third-order valence-electron chi connectivity index (χ3n) is 1.43. The Kier molecular flexibility index (Phi) is 3.38. The number of hydrogen-bond acceptors (Lipinski definition) is 2. The van der Waals surface area contributed by atoms with Crippen LogP contribution in [0.2, 0.25) is 5.02 Å². The fraction of sp³-hybridized carbons (Fsp3) is 0.250. The summed E-state index contributed by atoms with van der Waals surface area (Å²) in [5.41, 5.74) is 0.632. The van der Waals surface area contributed by atoms with Gasteiger partial charge in [0.05, 0.1) is 5.75 Å². The van der Waals surface area contributed by atoms with Gasteiger partial charge in [0.2, 0.25) is 0 Å². The Balaban J connectivity index is 3.04. The summed E-state index contributed by atoms with van der Waals surface area (Å²) in [6, 6.07) is 5.15. The highest BCUT2D eigenvalue weighted by Gasteiger charge is 2.07. The minimum absolute atomic E-state index is 0.0148. The van der Waals surface area contributed by atoms with Crippen LogP contribution in [0.1, 0.15) is 5.56 Å². The molecule has 0 heterocycles. The van der Waals surface area contributed by atoms with Crippen LogP contribution >= 0.6 is 27.5 Å². The monoisotopic (exact) mass is 282 g/mol. The molecular weight excluding hydrogens is 276 g/mol. The lowest BCUT2D eigenvalue weighted by Gasteiger charge is -2.02. The molecule has 0 saturated carbocycles. The summed E-state index contributed by atoms with van der Waals surface area (Å²) in [5, 5.41) is 0.472. The van der Waals surface area contributed by atoms with E-state index >= 15 is 0 Å². The highest BCUT2D eigenvalue weighted by molar-refractivity contribution is 9.10. The van der Waals surface area contributed by atoms with E-state index in [1.807, 2.05) is 0 Å². The molecule has 1 aromatic carbocycles. The van der Waals surface area contributed by atoms with Crippen molar-refractivity contribution < 1.29 is 8.42 Å². The van der Waals surface area contributed by atoms with Gasteiger partial charge in [0, 0.05) is 15.8 Å². The van der Waals surface area contributed by atoms with Crippen molar-refractivity contribution in [3.8, 4) is 0 Å². The molecule has 13 heavy (non-hydrogen) atoms. The first-order valence-corrected chi connectivity index (χ1v) is 6.73. The van der Waals surface area contributed by atoms with E-state index in [1.54, 1.807) is 18.2 Å². The second-order valence-electron chi connectivity index (χ2n) is 2.81. The summed E-state index contributed by atoms with van der Waals surface area (Å²) >= 11 is 9.08. The minimum Gasteiger partial charge on any atom is -0.229 e. The van der Waals surface area contributed by atoms with Crippen LogP contribution in [0, 0.1) is 0 Å². The smallest absolute Gasteiger partial charge is 0.151 e. The van der Waals surface area contributed by atoms with Gasteiger partial charge in [0.15, 0.2) is 9.84 Å².